The predicted molar refractivity (Wildman–Crippen MR) is 69.5 cm³/mol. The van der Waals surface area contributed by atoms with Crippen molar-refractivity contribution >= 4 is 0 Å². The molecule has 94 valence electrons. The van der Waals surface area contributed by atoms with E-state index in [4.69, 9.17) is 0 Å². The van der Waals surface area contributed by atoms with E-state index in [0.29, 0.717) is 6.04 Å². The number of hydrogen-bond donors (Lipinski definition) is 1. The maximum atomic E-state index is 13.4. The van der Waals surface area contributed by atoms with Gasteiger partial charge in [0.15, 0.2) is 0 Å². The second-order valence-corrected chi connectivity index (χ2v) is 5.25. The van der Waals surface area contributed by atoms with Crippen LogP contribution in [0.25, 0.3) is 0 Å². The highest BCUT2D eigenvalue weighted by atomic mass is 19.1. The number of halogens is 1. The molecule has 1 atom stereocenters. The van der Waals surface area contributed by atoms with Crippen molar-refractivity contribution in [2.24, 2.45) is 5.92 Å². The van der Waals surface area contributed by atoms with Gasteiger partial charge >= 0.3 is 0 Å². The maximum Gasteiger partial charge on any atom is 0.123 e. The summed E-state index contributed by atoms with van der Waals surface area (Å²) in [6.45, 7) is 5.13. The molecule has 1 aromatic carbocycles. The highest BCUT2D eigenvalue weighted by Crippen LogP contribution is 2.37. The molecular weight excluding hydrogens is 213 g/mol. The molecule has 1 unspecified atom stereocenters. The average Bonchev–Trinajstić information content (AvgIpc) is 3.06. The van der Waals surface area contributed by atoms with E-state index in [-0.39, 0.29) is 5.82 Å². The Morgan fingerprint density at radius 2 is 2.12 bits per heavy atom. The zero-order chi connectivity index (χ0) is 12.3. The van der Waals surface area contributed by atoms with Crippen molar-refractivity contribution < 1.29 is 4.39 Å². The molecule has 0 heterocycles. The zero-order valence-electron chi connectivity index (χ0n) is 10.8. The Bertz CT molecular complexity index is 351. The molecule has 0 radical (unpaired) electrons. The van der Waals surface area contributed by atoms with E-state index in [1.165, 1.54) is 12.8 Å². The van der Waals surface area contributed by atoms with Crippen LogP contribution in [0.2, 0.25) is 0 Å². The van der Waals surface area contributed by atoms with Crippen LogP contribution in [0.4, 0.5) is 4.39 Å². The second kappa shape index (κ2) is 5.63. The van der Waals surface area contributed by atoms with E-state index >= 15 is 0 Å². The van der Waals surface area contributed by atoms with Crippen molar-refractivity contribution in [1.82, 2.24) is 5.32 Å². The Kier molecular flexibility index (Phi) is 4.16. The molecule has 2 heteroatoms. The molecule has 1 aromatic rings. The third kappa shape index (κ3) is 3.81. The van der Waals surface area contributed by atoms with Crippen LogP contribution in [0.5, 0.6) is 0 Å². The van der Waals surface area contributed by atoms with Gasteiger partial charge in [0.1, 0.15) is 5.82 Å². The summed E-state index contributed by atoms with van der Waals surface area (Å²) in [5.74, 6) is 0.743. The summed E-state index contributed by atoms with van der Waals surface area (Å²) in [5, 5.41) is 3.54. The third-order valence-electron chi connectivity index (χ3n) is 3.37. The van der Waals surface area contributed by atoms with Crippen LogP contribution >= 0.6 is 0 Å². The first-order valence-corrected chi connectivity index (χ1v) is 6.69. The minimum absolute atomic E-state index is 0.112. The van der Waals surface area contributed by atoms with E-state index in [2.05, 4.69) is 18.3 Å². The first-order valence-electron chi connectivity index (χ1n) is 6.69. The van der Waals surface area contributed by atoms with Crippen LogP contribution < -0.4 is 5.32 Å². The summed E-state index contributed by atoms with van der Waals surface area (Å²) in [5.41, 5.74) is 2.13. The molecule has 1 fully saturated rings. The van der Waals surface area contributed by atoms with Crippen LogP contribution in [0.1, 0.15) is 49.8 Å². The van der Waals surface area contributed by atoms with Crippen LogP contribution in [0, 0.1) is 18.7 Å². The van der Waals surface area contributed by atoms with Gasteiger partial charge in [-0.05, 0) is 55.5 Å². The summed E-state index contributed by atoms with van der Waals surface area (Å²) in [4.78, 5) is 0. The molecule has 1 nitrogen and oxygen atoms in total. The van der Waals surface area contributed by atoms with E-state index < -0.39 is 0 Å². The lowest BCUT2D eigenvalue weighted by Gasteiger charge is -2.19. The minimum Gasteiger partial charge on any atom is -0.310 e. The first-order chi connectivity index (χ1) is 8.19. The molecule has 0 aromatic heterocycles. The molecule has 1 aliphatic carbocycles. The summed E-state index contributed by atoms with van der Waals surface area (Å²) < 4.78 is 13.4. The van der Waals surface area contributed by atoms with Crippen molar-refractivity contribution in [3.05, 3.63) is 35.1 Å². The highest BCUT2D eigenvalue weighted by molar-refractivity contribution is 5.26. The summed E-state index contributed by atoms with van der Waals surface area (Å²) in [6, 6.07) is 5.72. The molecule has 0 aliphatic heterocycles. The largest absolute Gasteiger partial charge is 0.310 e. The number of aryl methyl sites for hydroxylation is 1. The van der Waals surface area contributed by atoms with Crippen LogP contribution in [0.15, 0.2) is 18.2 Å². The number of rotatable bonds is 6. The number of nitrogens with one attached hydrogen (secondary N) is 1. The second-order valence-electron chi connectivity index (χ2n) is 5.25. The van der Waals surface area contributed by atoms with Crippen molar-refractivity contribution in [2.45, 2.75) is 45.6 Å². The molecule has 1 aliphatic rings. The van der Waals surface area contributed by atoms with Gasteiger partial charge in [-0.3, -0.25) is 0 Å². The van der Waals surface area contributed by atoms with Gasteiger partial charge in [-0.2, -0.15) is 0 Å². The minimum atomic E-state index is -0.112. The van der Waals surface area contributed by atoms with E-state index in [1.807, 2.05) is 6.92 Å². The standard InChI is InChI=1S/C15H22FN/c1-3-6-17-15(9-12-4-5-12)13-7-11(2)8-14(16)10-13/h7-8,10,12,15,17H,3-6,9H2,1-2H3. The van der Waals surface area contributed by atoms with Crippen molar-refractivity contribution in [3.63, 3.8) is 0 Å². The SMILES string of the molecule is CCCNC(CC1CC1)c1cc(C)cc(F)c1. The lowest BCUT2D eigenvalue weighted by atomic mass is 9.99. The Morgan fingerprint density at radius 1 is 1.35 bits per heavy atom. The molecule has 0 bridgehead atoms. The Labute approximate surface area is 103 Å². The van der Waals surface area contributed by atoms with Gasteiger partial charge in [0.25, 0.3) is 0 Å². The van der Waals surface area contributed by atoms with E-state index in [0.717, 1.165) is 36.4 Å². The third-order valence-corrected chi connectivity index (χ3v) is 3.37. The Morgan fingerprint density at radius 3 is 2.71 bits per heavy atom. The normalized spacial score (nSPS) is 17.1. The van der Waals surface area contributed by atoms with E-state index in [9.17, 15) is 4.39 Å². The summed E-state index contributed by atoms with van der Waals surface area (Å²) >= 11 is 0. The van der Waals surface area contributed by atoms with Crippen LogP contribution in [-0.2, 0) is 0 Å². The molecule has 1 saturated carbocycles. The lowest BCUT2D eigenvalue weighted by Crippen LogP contribution is -2.22. The fraction of sp³-hybridized carbons (Fsp3) is 0.600. The smallest absolute Gasteiger partial charge is 0.123 e. The maximum absolute atomic E-state index is 13.4. The molecule has 1 N–H and O–H groups in total. The molecule has 17 heavy (non-hydrogen) atoms. The van der Waals surface area contributed by atoms with E-state index in [1.54, 1.807) is 12.1 Å². The van der Waals surface area contributed by atoms with Gasteiger partial charge in [-0.25, -0.2) is 4.39 Å². The van der Waals surface area contributed by atoms with Crippen molar-refractivity contribution in [3.8, 4) is 0 Å². The molecule has 0 spiro atoms. The predicted octanol–water partition coefficient (Wildman–Crippen LogP) is 3.97. The topological polar surface area (TPSA) is 12.0 Å². The van der Waals surface area contributed by atoms with Gasteiger partial charge in [0.05, 0.1) is 0 Å². The van der Waals surface area contributed by atoms with Crippen LogP contribution in [-0.4, -0.2) is 6.54 Å². The molecule has 0 amide bonds. The zero-order valence-corrected chi connectivity index (χ0v) is 10.8. The average molecular weight is 235 g/mol. The lowest BCUT2D eigenvalue weighted by molar-refractivity contribution is 0.471. The highest BCUT2D eigenvalue weighted by Gasteiger charge is 2.26. The molecule has 2 rings (SSSR count). The molecule has 0 saturated heterocycles. The van der Waals surface area contributed by atoms with Crippen molar-refractivity contribution in [1.29, 1.82) is 0 Å². The number of hydrogen-bond acceptors (Lipinski definition) is 1. The van der Waals surface area contributed by atoms with Gasteiger partial charge < -0.3 is 5.32 Å². The van der Waals surface area contributed by atoms with Gasteiger partial charge in [-0.15, -0.1) is 0 Å². The Balaban J connectivity index is 2.10. The van der Waals surface area contributed by atoms with Crippen molar-refractivity contribution in [2.75, 3.05) is 6.54 Å². The van der Waals surface area contributed by atoms with Gasteiger partial charge in [0, 0.05) is 6.04 Å². The fourth-order valence-corrected chi connectivity index (χ4v) is 2.31. The van der Waals surface area contributed by atoms with Gasteiger partial charge in [-0.1, -0.05) is 25.8 Å². The number of benzene rings is 1. The van der Waals surface area contributed by atoms with Crippen LogP contribution in [0.3, 0.4) is 0 Å². The summed E-state index contributed by atoms with van der Waals surface area (Å²) in [7, 11) is 0. The monoisotopic (exact) mass is 235 g/mol. The van der Waals surface area contributed by atoms with Gasteiger partial charge in [0.2, 0.25) is 0 Å². The fourth-order valence-electron chi connectivity index (χ4n) is 2.31. The first kappa shape index (κ1) is 12.6. The quantitative estimate of drug-likeness (QED) is 0.786. The Hall–Kier alpha value is -0.890. The molecular formula is C15H22FN. The summed E-state index contributed by atoms with van der Waals surface area (Å²) in [6.07, 6.45) is 4.97.